The Labute approximate surface area is 224 Å². The van der Waals surface area contributed by atoms with Gasteiger partial charge in [0.2, 0.25) is 0 Å². The first-order chi connectivity index (χ1) is 18.2. The van der Waals surface area contributed by atoms with Gasteiger partial charge in [-0.3, -0.25) is 4.79 Å². The fourth-order valence-corrected chi connectivity index (χ4v) is 7.02. The zero-order chi connectivity index (χ0) is 27.1. The zero-order valence-electron chi connectivity index (χ0n) is 20.7. The minimum atomic E-state index is -3.63. The van der Waals surface area contributed by atoms with E-state index in [4.69, 9.17) is 4.74 Å². The van der Waals surface area contributed by atoms with Crippen molar-refractivity contribution in [2.75, 3.05) is 20.2 Å². The normalized spacial score (nSPS) is 14.9. The Kier molecular flexibility index (Phi) is 9.31. The van der Waals surface area contributed by atoms with Crippen molar-refractivity contribution in [2.24, 2.45) is 0 Å². The number of hydrogen-bond acceptors (Lipinski definition) is 7. The standard InChI is InChI=1S/C26H29F2N3O5S2/c1-35-22-4-2-3-19(15-22)25(32)30-17-23-9-10-24(37-23)38(33,34)31-13-11-20(12-14-31)29-16-18-5-7-21(8-6-18)36-26(27)28/h2-10,15,20,26,29H,11-14,16-17H2,1H3,(H,30,32). The van der Waals surface area contributed by atoms with E-state index in [-0.39, 0.29) is 28.5 Å². The van der Waals surface area contributed by atoms with Gasteiger partial charge in [-0.15, -0.1) is 11.3 Å². The van der Waals surface area contributed by atoms with Crippen LogP contribution >= 0.6 is 11.3 Å². The van der Waals surface area contributed by atoms with Gasteiger partial charge in [-0.05, 0) is 60.9 Å². The number of nitrogens with one attached hydrogen (secondary N) is 2. The molecule has 0 aliphatic carbocycles. The molecule has 8 nitrogen and oxygen atoms in total. The molecule has 1 aliphatic rings. The molecule has 1 aromatic heterocycles. The zero-order valence-corrected chi connectivity index (χ0v) is 22.4. The fourth-order valence-electron chi connectivity index (χ4n) is 4.10. The average molecular weight is 566 g/mol. The Morgan fingerprint density at radius 1 is 1.05 bits per heavy atom. The molecular formula is C26H29F2N3O5S2. The first-order valence-corrected chi connectivity index (χ1v) is 14.3. The van der Waals surface area contributed by atoms with Crippen LogP contribution in [0.5, 0.6) is 11.5 Å². The lowest BCUT2D eigenvalue weighted by atomic mass is 10.1. The SMILES string of the molecule is COc1cccc(C(=O)NCc2ccc(S(=O)(=O)N3CCC(NCc4ccc(OC(F)F)cc4)CC3)s2)c1. The largest absolute Gasteiger partial charge is 0.497 e. The summed E-state index contributed by atoms with van der Waals surface area (Å²) in [6, 6.07) is 16.7. The van der Waals surface area contributed by atoms with Crippen LogP contribution in [0.2, 0.25) is 0 Å². The lowest BCUT2D eigenvalue weighted by Crippen LogP contribution is -2.44. The van der Waals surface area contributed by atoms with Crippen LogP contribution < -0.4 is 20.1 Å². The van der Waals surface area contributed by atoms with E-state index in [1.165, 1.54) is 23.5 Å². The highest BCUT2D eigenvalue weighted by atomic mass is 32.2. The molecule has 0 bridgehead atoms. The maximum Gasteiger partial charge on any atom is 0.387 e. The number of piperidine rings is 1. The predicted octanol–water partition coefficient (Wildman–Crippen LogP) is 4.23. The summed E-state index contributed by atoms with van der Waals surface area (Å²) < 4.78 is 62.2. The van der Waals surface area contributed by atoms with E-state index in [0.717, 1.165) is 21.8 Å². The number of thiophene rings is 1. The number of amides is 1. The van der Waals surface area contributed by atoms with E-state index in [1.807, 2.05) is 0 Å². The van der Waals surface area contributed by atoms with Crippen LogP contribution in [-0.4, -0.2) is 51.5 Å². The van der Waals surface area contributed by atoms with E-state index in [0.29, 0.717) is 43.8 Å². The number of rotatable bonds is 11. The summed E-state index contributed by atoms with van der Waals surface area (Å²) >= 11 is 1.15. The topological polar surface area (TPSA) is 97.0 Å². The third kappa shape index (κ3) is 7.28. The van der Waals surface area contributed by atoms with Crippen molar-refractivity contribution >= 4 is 27.3 Å². The van der Waals surface area contributed by atoms with Crippen LogP contribution in [0.25, 0.3) is 0 Å². The van der Waals surface area contributed by atoms with Gasteiger partial charge < -0.3 is 20.1 Å². The highest BCUT2D eigenvalue weighted by Gasteiger charge is 2.30. The van der Waals surface area contributed by atoms with Crippen molar-refractivity contribution < 1.29 is 31.5 Å². The Morgan fingerprint density at radius 2 is 1.79 bits per heavy atom. The molecule has 0 radical (unpaired) electrons. The molecule has 1 amide bonds. The molecule has 0 unspecified atom stereocenters. The molecule has 204 valence electrons. The van der Waals surface area contributed by atoms with Gasteiger partial charge in [-0.2, -0.15) is 13.1 Å². The highest BCUT2D eigenvalue weighted by molar-refractivity contribution is 7.91. The summed E-state index contributed by atoms with van der Waals surface area (Å²) in [5.41, 5.74) is 1.38. The third-order valence-corrected chi connectivity index (χ3v) is 9.63. The summed E-state index contributed by atoms with van der Waals surface area (Å²) in [7, 11) is -2.10. The second-order valence-corrected chi connectivity index (χ2v) is 12.1. The molecule has 0 saturated carbocycles. The van der Waals surface area contributed by atoms with Crippen molar-refractivity contribution in [3.63, 3.8) is 0 Å². The van der Waals surface area contributed by atoms with Crippen molar-refractivity contribution in [1.82, 2.24) is 14.9 Å². The lowest BCUT2D eigenvalue weighted by Gasteiger charge is -2.31. The number of nitrogens with zero attached hydrogens (tertiary/aromatic N) is 1. The molecule has 2 N–H and O–H groups in total. The molecule has 1 fully saturated rings. The van der Waals surface area contributed by atoms with E-state index < -0.39 is 16.6 Å². The Bertz CT molecular complexity index is 1320. The van der Waals surface area contributed by atoms with E-state index in [9.17, 15) is 22.0 Å². The van der Waals surface area contributed by atoms with Gasteiger partial charge in [-0.1, -0.05) is 18.2 Å². The maximum absolute atomic E-state index is 13.2. The molecule has 3 aromatic rings. The van der Waals surface area contributed by atoms with Gasteiger partial charge in [0.25, 0.3) is 15.9 Å². The molecule has 38 heavy (non-hydrogen) atoms. The predicted molar refractivity (Wildman–Crippen MR) is 140 cm³/mol. The van der Waals surface area contributed by atoms with Crippen LogP contribution in [-0.2, 0) is 23.1 Å². The second kappa shape index (κ2) is 12.7. The fraction of sp³-hybridized carbons (Fsp3) is 0.346. The van der Waals surface area contributed by atoms with Crippen molar-refractivity contribution in [1.29, 1.82) is 0 Å². The van der Waals surface area contributed by atoms with E-state index >= 15 is 0 Å². The first kappa shape index (κ1) is 28.0. The number of carbonyl (C=O) groups is 1. The summed E-state index contributed by atoms with van der Waals surface area (Å²) in [5, 5.41) is 6.22. The summed E-state index contributed by atoms with van der Waals surface area (Å²) in [4.78, 5) is 13.2. The van der Waals surface area contributed by atoms with E-state index in [1.54, 1.807) is 48.5 Å². The van der Waals surface area contributed by atoms with Crippen LogP contribution in [0.15, 0.2) is 64.9 Å². The number of carbonyl (C=O) groups excluding carboxylic acids is 1. The molecule has 2 aromatic carbocycles. The first-order valence-electron chi connectivity index (χ1n) is 12.0. The summed E-state index contributed by atoms with van der Waals surface area (Å²) in [5.74, 6) is 0.421. The number of sulfonamides is 1. The Hall–Kier alpha value is -3.06. The molecule has 12 heteroatoms. The number of hydrogen-bond donors (Lipinski definition) is 2. The Balaban J connectivity index is 1.25. The molecular weight excluding hydrogens is 536 g/mol. The summed E-state index contributed by atoms with van der Waals surface area (Å²) in [6.45, 7) is -1.31. The monoisotopic (exact) mass is 565 g/mol. The number of benzene rings is 2. The average Bonchev–Trinajstić information content (AvgIpc) is 3.41. The molecule has 0 atom stereocenters. The van der Waals surface area contributed by atoms with Gasteiger partial charge in [0.15, 0.2) is 0 Å². The molecule has 1 aliphatic heterocycles. The molecule has 4 rings (SSSR count). The van der Waals surface area contributed by atoms with Gasteiger partial charge in [0.1, 0.15) is 15.7 Å². The second-order valence-electron chi connectivity index (χ2n) is 8.72. The number of halogens is 2. The minimum absolute atomic E-state index is 0.109. The minimum Gasteiger partial charge on any atom is -0.497 e. The Morgan fingerprint density at radius 3 is 2.47 bits per heavy atom. The number of alkyl halides is 2. The van der Waals surface area contributed by atoms with Crippen LogP contribution in [0, 0.1) is 0 Å². The van der Waals surface area contributed by atoms with Crippen LogP contribution in [0.1, 0.15) is 33.6 Å². The van der Waals surface area contributed by atoms with Crippen molar-refractivity contribution in [2.45, 2.75) is 42.8 Å². The highest BCUT2D eigenvalue weighted by Crippen LogP contribution is 2.27. The van der Waals surface area contributed by atoms with Gasteiger partial charge in [0.05, 0.1) is 13.7 Å². The van der Waals surface area contributed by atoms with E-state index in [2.05, 4.69) is 15.4 Å². The van der Waals surface area contributed by atoms with Crippen LogP contribution in [0.4, 0.5) is 8.78 Å². The van der Waals surface area contributed by atoms with Gasteiger partial charge >= 0.3 is 6.61 Å². The van der Waals surface area contributed by atoms with Crippen LogP contribution in [0.3, 0.4) is 0 Å². The number of methoxy groups -OCH3 is 1. The van der Waals surface area contributed by atoms with Gasteiger partial charge in [-0.25, -0.2) is 8.42 Å². The maximum atomic E-state index is 13.2. The molecule has 1 saturated heterocycles. The lowest BCUT2D eigenvalue weighted by molar-refractivity contribution is -0.0498. The van der Waals surface area contributed by atoms with Gasteiger partial charge in [0, 0.05) is 36.1 Å². The van der Waals surface area contributed by atoms with Crippen molar-refractivity contribution in [3.05, 3.63) is 76.7 Å². The number of ether oxygens (including phenoxy) is 2. The molecule has 0 spiro atoms. The third-order valence-electron chi connectivity index (χ3n) is 6.18. The smallest absolute Gasteiger partial charge is 0.387 e. The summed E-state index contributed by atoms with van der Waals surface area (Å²) in [6.07, 6.45) is 1.31. The van der Waals surface area contributed by atoms with Crippen molar-refractivity contribution in [3.8, 4) is 11.5 Å². The quantitative estimate of drug-likeness (QED) is 0.361. The molecule has 2 heterocycles.